The average molecular weight is 281 g/mol. The molecule has 0 aliphatic carbocycles. The zero-order valence-electron chi connectivity index (χ0n) is 10.2. The van der Waals surface area contributed by atoms with Crippen molar-refractivity contribution in [2.75, 3.05) is 13.2 Å². The van der Waals surface area contributed by atoms with Crippen molar-refractivity contribution in [1.29, 1.82) is 0 Å². The molecule has 1 aliphatic heterocycles. The Hall–Kier alpha value is -1.50. The third-order valence-corrected chi connectivity index (χ3v) is 3.42. The molecule has 2 aromatic heterocycles. The maximum atomic E-state index is 6.28. The standard InChI is InChI=1S/C12H13ClN4O2/c13-8-1-2-9(15-7-8)10-16-11(19-17-10)12(14)3-5-18-6-4-12/h1-2,7H,3-6,14H2. The van der Waals surface area contributed by atoms with E-state index in [1.54, 1.807) is 18.3 Å². The Kier molecular flexibility index (Phi) is 3.22. The van der Waals surface area contributed by atoms with Gasteiger partial charge in [0.05, 0.1) is 5.02 Å². The van der Waals surface area contributed by atoms with Crippen LogP contribution in [0.5, 0.6) is 0 Å². The van der Waals surface area contributed by atoms with E-state index in [0.29, 0.717) is 48.5 Å². The second-order valence-corrected chi connectivity index (χ2v) is 4.99. The summed E-state index contributed by atoms with van der Waals surface area (Å²) in [7, 11) is 0. The van der Waals surface area contributed by atoms with Crippen LogP contribution < -0.4 is 5.73 Å². The first-order chi connectivity index (χ1) is 9.17. The van der Waals surface area contributed by atoms with Gasteiger partial charge >= 0.3 is 0 Å². The van der Waals surface area contributed by atoms with Crippen molar-refractivity contribution < 1.29 is 9.26 Å². The molecule has 2 N–H and O–H groups in total. The Balaban J connectivity index is 1.88. The van der Waals surface area contributed by atoms with Crippen LogP contribution in [-0.4, -0.2) is 28.3 Å². The van der Waals surface area contributed by atoms with Gasteiger partial charge in [-0.2, -0.15) is 4.98 Å². The lowest BCUT2D eigenvalue weighted by molar-refractivity contribution is 0.0400. The van der Waals surface area contributed by atoms with Crippen molar-refractivity contribution in [1.82, 2.24) is 15.1 Å². The molecule has 0 radical (unpaired) electrons. The van der Waals surface area contributed by atoms with Gasteiger partial charge in [-0.25, -0.2) is 0 Å². The maximum Gasteiger partial charge on any atom is 0.247 e. The highest BCUT2D eigenvalue weighted by Gasteiger charge is 2.36. The van der Waals surface area contributed by atoms with Crippen LogP contribution in [-0.2, 0) is 10.3 Å². The molecule has 1 fully saturated rings. The molecule has 3 heterocycles. The molecule has 0 atom stereocenters. The number of ether oxygens (including phenoxy) is 1. The Morgan fingerprint density at radius 2 is 2.05 bits per heavy atom. The predicted octanol–water partition coefficient (Wildman–Crippen LogP) is 1.75. The van der Waals surface area contributed by atoms with Gasteiger partial charge in [-0.05, 0) is 25.0 Å². The van der Waals surface area contributed by atoms with E-state index in [1.165, 1.54) is 0 Å². The van der Waals surface area contributed by atoms with Gasteiger partial charge in [-0.15, -0.1) is 0 Å². The minimum atomic E-state index is -0.601. The molecule has 0 bridgehead atoms. The Morgan fingerprint density at radius 3 is 2.74 bits per heavy atom. The van der Waals surface area contributed by atoms with Crippen LogP contribution in [0.3, 0.4) is 0 Å². The van der Waals surface area contributed by atoms with Crippen LogP contribution in [0.2, 0.25) is 5.02 Å². The number of hydrogen-bond acceptors (Lipinski definition) is 6. The quantitative estimate of drug-likeness (QED) is 0.902. The number of hydrogen-bond donors (Lipinski definition) is 1. The number of rotatable bonds is 2. The number of nitrogens with zero attached hydrogens (tertiary/aromatic N) is 3. The molecule has 3 rings (SSSR count). The molecule has 19 heavy (non-hydrogen) atoms. The molecule has 7 heteroatoms. The maximum absolute atomic E-state index is 6.28. The monoisotopic (exact) mass is 280 g/mol. The van der Waals surface area contributed by atoms with E-state index in [0.717, 1.165) is 0 Å². The summed E-state index contributed by atoms with van der Waals surface area (Å²) in [5.74, 6) is 0.852. The molecule has 1 aliphatic rings. The second kappa shape index (κ2) is 4.88. The number of aromatic nitrogens is 3. The Morgan fingerprint density at radius 1 is 1.26 bits per heavy atom. The Bertz CT molecular complexity index is 563. The molecule has 2 aromatic rings. The van der Waals surface area contributed by atoms with Gasteiger partial charge in [-0.1, -0.05) is 16.8 Å². The van der Waals surface area contributed by atoms with Crippen LogP contribution in [0.25, 0.3) is 11.5 Å². The van der Waals surface area contributed by atoms with Crippen LogP contribution in [0.15, 0.2) is 22.9 Å². The molecule has 0 amide bonds. The Labute approximate surface area is 114 Å². The van der Waals surface area contributed by atoms with E-state index in [4.69, 9.17) is 26.6 Å². The second-order valence-electron chi connectivity index (χ2n) is 4.55. The lowest BCUT2D eigenvalue weighted by Crippen LogP contribution is -2.42. The highest BCUT2D eigenvalue weighted by molar-refractivity contribution is 6.30. The van der Waals surface area contributed by atoms with Crippen molar-refractivity contribution in [2.24, 2.45) is 5.73 Å². The van der Waals surface area contributed by atoms with Crippen molar-refractivity contribution in [3.8, 4) is 11.5 Å². The fourth-order valence-electron chi connectivity index (χ4n) is 1.99. The third kappa shape index (κ3) is 2.47. The number of halogens is 1. The van der Waals surface area contributed by atoms with Gasteiger partial charge in [0.1, 0.15) is 11.2 Å². The van der Waals surface area contributed by atoms with Gasteiger partial charge in [0, 0.05) is 19.4 Å². The van der Waals surface area contributed by atoms with E-state index in [2.05, 4.69) is 15.1 Å². The fraction of sp³-hybridized carbons (Fsp3) is 0.417. The van der Waals surface area contributed by atoms with Crippen LogP contribution >= 0.6 is 11.6 Å². The van der Waals surface area contributed by atoms with Gasteiger partial charge < -0.3 is 15.0 Å². The van der Waals surface area contributed by atoms with Gasteiger partial charge in [-0.3, -0.25) is 4.98 Å². The SMILES string of the molecule is NC1(c2nc(-c3ccc(Cl)cn3)no2)CCOCC1. The molecule has 6 nitrogen and oxygen atoms in total. The summed E-state index contributed by atoms with van der Waals surface area (Å²) in [5, 5.41) is 4.49. The normalized spacial score (nSPS) is 18.4. The molecule has 0 unspecified atom stereocenters. The smallest absolute Gasteiger partial charge is 0.247 e. The molecule has 0 spiro atoms. The summed E-state index contributed by atoms with van der Waals surface area (Å²) < 4.78 is 10.6. The first kappa shape index (κ1) is 12.5. The van der Waals surface area contributed by atoms with Gasteiger partial charge in [0.25, 0.3) is 0 Å². The number of pyridine rings is 1. The fourth-order valence-corrected chi connectivity index (χ4v) is 2.10. The zero-order chi connectivity index (χ0) is 13.3. The molecule has 0 aromatic carbocycles. The first-order valence-corrected chi connectivity index (χ1v) is 6.38. The summed E-state index contributed by atoms with van der Waals surface area (Å²) in [5.41, 5.74) is 6.28. The van der Waals surface area contributed by atoms with Crippen LogP contribution in [0, 0.1) is 0 Å². The lowest BCUT2D eigenvalue weighted by Gasteiger charge is -2.29. The van der Waals surface area contributed by atoms with Crippen molar-refractivity contribution in [3.63, 3.8) is 0 Å². The van der Waals surface area contributed by atoms with E-state index in [-0.39, 0.29) is 0 Å². The molecular formula is C12H13ClN4O2. The lowest BCUT2D eigenvalue weighted by atomic mass is 9.91. The summed E-state index contributed by atoms with van der Waals surface area (Å²) in [6, 6.07) is 3.47. The van der Waals surface area contributed by atoms with Gasteiger partial charge in [0.15, 0.2) is 0 Å². The molecule has 100 valence electrons. The van der Waals surface area contributed by atoms with Gasteiger partial charge in [0.2, 0.25) is 11.7 Å². The zero-order valence-corrected chi connectivity index (χ0v) is 10.9. The number of nitrogens with two attached hydrogens (primary N) is 1. The first-order valence-electron chi connectivity index (χ1n) is 6.00. The predicted molar refractivity (Wildman–Crippen MR) is 68.5 cm³/mol. The van der Waals surface area contributed by atoms with Crippen LogP contribution in [0.1, 0.15) is 18.7 Å². The minimum absolute atomic E-state index is 0.419. The average Bonchev–Trinajstić information content (AvgIpc) is 2.91. The van der Waals surface area contributed by atoms with E-state index < -0.39 is 5.54 Å². The van der Waals surface area contributed by atoms with Crippen molar-refractivity contribution in [2.45, 2.75) is 18.4 Å². The summed E-state index contributed by atoms with van der Waals surface area (Å²) in [6.07, 6.45) is 2.88. The van der Waals surface area contributed by atoms with E-state index in [1.807, 2.05) is 0 Å². The van der Waals surface area contributed by atoms with E-state index >= 15 is 0 Å². The topological polar surface area (TPSA) is 87.1 Å². The highest BCUT2D eigenvalue weighted by atomic mass is 35.5. The summed E-state index contributed by atoms with van der Waals surface area (Å²) in [4.78, 5) is 8.49. The van der Waals surface area contributed by atoms with E-state index in [9.17, 15) is 0 Å². The van der Waals surface area contributed by atoms with Crippen molar-refractivity contribution in [3.05, 3.63) is 29.2 Å². The van der Waals surface area contributed by atoms with Crippen molar-refractivity contribution >= 4 is 11.6 Å². The molecular weight excluding hydrogens is 268 g/mol. The molecule has 0 saturated carbocycles. The highest BCUT2D eigenvalue weighted by Crippen LogP contribution is 2.29. The molecule has 1 saturated heterocycles. The van der Waals surface area contributed by atoms with Crippen LogP contribution in [0.4, 0.5) is 0 Å². The largest absolute Gasteiger partial charge is 0.381 e. The minimum Gasteiger partial charge on any atom is -0.381 e. The third-order valence-electron chi connectivity index (χ3n) is 3.19. The summed E-state index contributed by atoms with van der Waals surface area (Å²) >= 11 is 5.79. The summed E-state index contributed by atoms with van der Waals surface area (Å²) in [6.45, 7) is 1.21.